The van der Waals surface area contributed by atoms with Crippen molar-refractivity contribution >= 4 is 0 Å². The summed E-state index contributed by atoms with van der Waals surface area (Å²) in [6.07, 6.45) is 3.78. The van der Waals surface area contributed by atoms with Gasteiger partial charge >= 0.3 is 0 Å². The van der Waals surface area contributed by atoms with E-state index >= 15 is 0 Å². The van der Waals surface area contributed by atoms with Gasteiger partial charge in [0.15, 0.2) is 0 Å². The van der Waals surface area contributed by atoms with E-state index < -0.39 is 0 Å². The zero-order chi connectivity index (χ0) is 6.91. The SMILES string of the molecule is C=C(C)C1(CCN)CC1. The maximum Gasteiger partial charge on any atom is -0.00689 e. The molecule has 0 aromatic rings. The van der Waals surface area contributed by atoms with E-state index in [1.54, 1.807) is 0 Å². The van der Waals surface area contributed by atoms with Crippen LogP contribution in [0.15, 0.2) is 12.2 Å². The molecule has 0 atom stereocenters. The Bertz CT molecular complexity index is 123. The largest absolute Gasteiger partial charge is 0.330 e. The smallest absolute Gasteiger partial charge is 0.00689 e. The van der Waals surface area contributed by atoms with Crippen LogP contribution >= 0.6 is 0 Å². The summed E-state index contributed by atoms with van der Waals surface area (Å²) in [4.78, 5) is 0. The molecule has 0 amide bonds. The van der Waals surface area contributed by atoms with Gasteiger partial charge in [0.2, 0.25) is 0 Å². The van der Waals surface area contributed by atoms with Crippen LogP contribution in [0.3, 0.4) is 0 Å². The van der Waals surface area contributed by atoms with Crippen LogP contribution in [0.5, 0.6) is 0 Å². The highest BCUT2D eigenvalue weighted by atomic mass is 14.6. The number of hydrogen-bond donors (Lipinski definition) is 1. The lowest BCUT2D eigenvalue weighted by Gasteiger charge is -2.12. The van der Waals surface area contributed by atoms with E-state index in [0.29, 0.717) is 5.41 Å². The molecule has 1 aliphatic carbocycles. The summed E-state index contributed by atoms with van der Waals surface area (Å²) in [7, 11) is 0. The van der Waals surface area contributed by atoms with Crippen molar-refractivity contribution in [3.05, 3.63) is 12.2 Å². The van der Waals surface area contributed by atoms with Gasteiger partial charge in [-0.1, -0.05) is 12.2 Å². The van der Waals surface area contributed by atoms with Crippen molar-refractivity contribution in [1.29, 1.82) is 0 Å². The second kappa shape index (κ2) is 2.14. The second-order valence-corrected chi connectivity index (χ2v) is 3.10. The molecule has 0 heterocycles. The summed E-state index contributed by atoms with van der Waals surface area (Å²) in [5.41, 5.74) is 7.26. The zero-order valence-corrected chi connectivity index (χ0v) is 6.11. The average Bonchev–Trinajstić information content (AvgIpc) is 2.49. The van der Waals surface area contributed by atoms with Crippen molar-refractivity contribution in [3.63, 3.8) is 0 Å². The lowest BCUT2D eigenvalue weighted by Crippen LogP contribution is -2.09. The van der Waals surface area contributed by atoms with Crippen molar-refractivity contribution < 1.29 is 0 Å². The Hall–Kier alpha value is -0.300. The standard InChI is InChI=1S/C8H15N/c1-7(2)8(3-4-8)5-6-9/h1,3-6,9H2,2H3. The van der Waals surface area contributed by atoms with Crippen molar-refractivity contribution in [2.45, 2.75) is 26.2 Å². The van der Waals surface area contributed by atoms with E-state index in [-0.39, 0.29) is 0 Å². The molecule has 0 radical (unpaired) electrons. The van der Waals surface area contributed by atoms with Crippen LogP contribution in [0, 0.1) is 5.41 Å². The third-order valence-corrected chi connectivity index (χ3v) is 2.38. The topological polar surface area (TPSA) is 26.0 Å². The molecule has 9 heavy (non-hydrogen) atoms. The summed E-state index contributed by atoms with van der Waals surface area (Å²) < 4.78 is 0. The molecule has 1 rings (SSSR count). The molecule has 0 aromatic carbocycles. The van der Waals surface area contributed by atoms with Crippen LogP contribution in [0.2, 0.25) is 0 Å². The quantitative estimate of drug-likeness (QED) is 0.571. The molecule has 1 nitrogen and oxygen atoms in total. The summed E-state index contributed by atoms with van der Waals surface area (Å²) in [5.74, 6) is 0. The predicted molar refractivity (Wildman–Crippen MR) is 40.2 cm³/mol. The van der Waals surface area contributed by atoms with E-state index in [0.717, 1.165) is 13.0 Å². The van der Waals surface area contributed by atoms with Gasteiger partial charge in [-0.05, 0) is 38.1 Å². The number of hydrogen-bond acceptors (Lipinski definition) is 1. The van der Waals surface area contributed by atoms with Crippen molar-refractivity contribution in [1.82, 2.24) is 0 Å². The lowest BCUT2D eigenvalue weighted by atomic mass is 9.95. The van der Waals surface area contributed by atoms with Crippen molar-refractivity contribution in [2.24, 2.45) is 11.1 Å². The van der Waals surface area contributed by atoms with Crippen LogP contribution < -0.4 is 5.73 Å². The average molecular weight is 125 g/mol. The van der Waals surface area contributed by atoms with Gasteiger partial charge in [0.1, 0.15) is 0 Å². The molecule has 0 aliphatic heterocycles. The molecule has 0 saturated heterocycles. The van der Waals surface area contributed by atoms with Gasteiger partial charge in [-0.15, -0.1) is 0 Å². The molecule has 0 spiro atoms. The second-order valence-electron chi connectivity index (χ2n) is 3.10. The van der Waals surface area contributed by atoms with Crippen molar-refractivity contribution in [2.75, 3.05) is 6.54 Å². The molecule has 52 valence electrons. The molecule has 1 heteroatoms. The Morgan fingerprint density at radius 2 is 2.22 bits per heavy atom. The van der Waals surface area contributed by atoms with Crippen molar-refractivity contribution in [3.8, 4) is 0 Å². The Morgan fingerprint density at radius 3 is 2.33 bits per heavy atom. The first-order chi connectivity index (χ1) is 4.21. The first-order valence-electron chi connectivity index (χ1n) is 3.57. The molecule has 0 aromatic heterocycles. The highest BCUT2D eigenvalue weighted by Gasteiger charge is 2.41. The van der Waals surface area contributed by atoms with Gasteiger partial charge < -0.3 is 5.73 Å². The maximum absolute atomic E-state index is 5.45. The van der Waals surface area contributed by atoms with Crippen LogP contribution in [-0.2, 0) is 0 Å². The highest BCUT2D eigenvalue weighted by Crippen LogP contribution is 2.53. The van der Waals surface area contributed by atoms with Gasteiger partial charge in [-0.25, -0.2) is 0 Å². The minimum atomic E-state index is 0.481. The van der Waals surface area contributed by atoms with Crippen LogP contribution in [0.4, 0.5) is 0 Å². The zero-order valence-electron chi connectivity index (χ0n) is 6.11. The summed E-state index contributed by atoms with van der Waals surface area (Å²) >= 11 is 0. The first kappa shape index (κ1) is 6.81. The normalized spacial score (nSPS) is 21.6. The molecular formula is C8H15N. The summed E-state index contributed by atoms with van der Waals surface area (Å²) in [6, 6.07) is 0. The molecule has 1 saturated carbocycles. The number of allylic oxidation sites excluding steroid dienone is 1. The molecule has 0 unspecified atom stereocenters. The number of nitrogens with two attached hydrogens (primary N) is 1. The third-order valence-electron chi connectivity index (χ3n) is 2.38. The maximum atomic E-state index is 5.45. The fourth-order valence-corrected chi connectivity index (χ4v) is 1.32. The Kier molecular flexibility index (Phi) is 1.62. The van der Waals surface area contributed by atoms with Crippen LogP contribution in [0.1, 0.15) is 26.2 Å². The summed E-state index contributed by atoms with van der Waals surface area (Å²) in [5, 5.41) is 0. The predicted octanol–water partition coefficient (Wildman–Crippen LogP) is 1.69. The van der Waals surface area contributed by atoms with Gasteiger partial charge in [0, 0.05) is 0 Å². The Balaban J connectivity index is 2.43. The fraction of sp³-hybridized carbons (Fsp3) is 0.750. The molecule has 2 N–H and O–H groups in total. The van der Waals surface area contributed by atoms with Gasteiger partial charge in [0.25, 0.3) is 0 Å². The third kappa shape index (κ3) is 1.16. The minimum Gasteiger partial charge on any atom is -0.330 e. The molecule has 1 fully saturated rings. The van der Waals surface area contributed by atoms with Crippen LogP contribution in [-0.4, -0.2) is 6.54 Å². The van der Waals surface area contributed by atoms with E-state index in [4.69, 9.17) is 5.73 Å². The molecule has 1 aliphatic rings. The van der Waals surface area contributed by atoms with Gasteiger partial charge in [-0.3, -0.25) is 0 Å². The highest BCUT2D eigenvalue weighted by molar-refractivity contribution is 5.16. The van der Waals surface area contributed by atoms with E-state index in [1.165, 1.54) is 18.4 Å². The Labute approximate surface area is 56.9 Å². The lowest BCUT2D eigenvalue weighted by molar-refractivity contribution is 0.559. The van der Waals surface area contributed by atoms with Gasteiger partial charge in [0.05, 0.1) is 0 Å². The van der Waals surface area contributed by atoms with E-state index in [1.807, 2.05) is 0 Å². The Morgan fingerprint density at radius 1 is 1.67 bits per heavy atom. The minimum absolute atomic E-state index is 0.481. The fourth-order valence-electron chi connectivity index (χ4n) is 1.32. The summed E-state index contributed by atoms with van der Waals surface area (Å²) in [6.45, 7) is 6.88. The van der Waals surface area contributed by atoms with Gasteiger partial charge in [-0.2, -0.15) is 0 Å². The van der Waals surface area contributed by atoms with Crippen LogP contribution in [0.25, 0.3) is 0 Å². The monoisotopic (exact) mass is 125 g/mol. The molecule has 0 bridgehead atoms. The molecular weight excluding hydrogens is 110 g/mol. The van der Waals surface area contributed by atoms with E-state index in [2.05, 4.69) is 13.5 Å². The first-order valence-corrected chi connectivity index (χ1v) is 3.57. The van der Waals surface area contributed by atoms with E-state index in [9.17, 15) is 0 Å². The number of rotatable bonds is 3.